The topological polar surface area (TPSA) is 23.5 Å². The van der Waals surface area contributed by atoms with Crippen LogP contribution in [0.15, 0.2) is 0 Å². The normalized spacial score (nSPS) is 34.1. The molecule has 1 aliphatic heterocycles. The Labute approximate surface area is 106 Å². The predicted octanol–water partition coefficient (Wildman–Crippen LogP) is 2.91. The van der Waals surface area contributed by atoms with Crippen LogP contribution in [0.25, 0.3) is 0 Å². The van der Waals surface area contributed by atoms with Crippen LogP contribution >= 0.6 is 0 Å². The van der Waals surface area contributed by atoms with Gasteiger partial charge in [0.15, 0.2) is 0 Å². The number of hydrogen-bond acceptors (Lipinski definition) is 2. The Morgan fingerprint density at radius 1 is 1.12 bits per heavy atom. The lowest BCUT2D eigenvalue weighted by Gasteiger charge is -2.47. The number of aliphatic hydroxyl groups is 1. The Balaban J connectivity index is 2.01. The summed E-state index contributed by atoms with van der Waals surface area (Å²) in [7, 11) is 0. The summed E-state index contributed by atoms with van der Waals surface area (Å²) < 4.78 is 0. The Morgan fingerprint density at radius 2 is 1.71 bits per heavy atom. The average Bonchev–Trinajstić information content (AvgIpc) is 2.60. The largest absolute Gasteiger partial charge is 0.396 e. The third kappa shape index (κ3) is 3.23. The van der Waals surface area contributed by atoms with E-state index in [9.17, 15) is 5.11 Å². The highest BCUT2D eigenvalue weighted by Gasteiger charge is 2.41. The molecule has 0 radical (unpaired) electrons. The highest BCUT2D eigenvalue weighted by atomic mass is 16.3. The first-order valence-corrected chi connectivity index (χ1v) is 7.16. The van der Waals surface area contributed by atoms with Crippen LogP contribution in [-0.4, -0.2) is 35.7 Å². The Bertz CT molecular complexity index is 256. The molecule has 0 spiro atoms. The zero-order valence-corrected chi connectivity index (χ0v) is 12.0. The zero-order valence-electron chi connectivity index (χ0n) is 12.0. The van der Waals surface area contributed by atoms with Gasteiger partial charge < -0.3 is 5.11 Å². The van der Waals surface area contributed by atoms with Crippen LogP contribution in [-0.2, 0) is 0 Å². The Morgan fingerprint density at radius 3 is 2.18 bits per heavy atom. The molecule has 100 valence electrons. The van der Waals surface area contributed by atoms with Crippen molar-refractivity contribution in [1.82, 2.24) is 4.90 Å². The summed E-state index contributed by atoms with van der Waals surface area (Å²) in [5.74, 6) is 0.531. The lowest BCUT2D eigenvalue weighted by Crippen LogP contribution is -2.45. The molecule has 1 saturated carbocycles. The predicted molar refractivity (Wildman–Crippen MR) is 72.0 cm³/mol. The molecular weight excluding hydrogens is 210 g/mol. The molecular formula is C15H29NO. The third-order valence-electron chi connectivity index (χ3n) is 4.63. The van der Waals surface area contributed by atoms with Crippen LogP contribution in [0, 0.1) is 16.7 Å². The molecule has 1 saturated heterocycles. The zero-order chi connectivity index (χ0) is 12.7. The first-order valence-electron chi connectivity index (χ1n) is 7.16. The van der Waals surface area contributed by atoms with Crippen molar-refractivity contribution >= 4 is 0 Å². The molecule has 0 aromatic heterocycles. The van der Waals surface area contributed by atoms with E-state index in [0.29, 0.717) is 23.4 Å². The lowest BCUT2D eigenvalue weighted by atomic mass is 9.63. The molecule has 2 rings (SSSR count). The molecule has 2 heteroatoms. The molecule has 1 aliphatic carbocycles. The molecule has 2 fully saturated rings. The number of rotatable bonds is 2. The summed E-state index contributed by atoms with van der Waals surface area (Å²) in [4.78, 5) is 2.64. The Kier molecular flexibility index (Phi) is 3.57. The van der Waals surface area contributed by atoms with Crippen molar-refractivity contribution in [3.05, 3.63) is 0 Å². The van der Waals surface area contributed by atoms with E-state index in [1.165, 1.54) is 32.2 Å². The van der Waals surface area contributed by atoms with Crippen LogP contribution in [0.3, 0.4) is 0 Å². The molecule has 17 heavy (non-hydrogen) atoms. The first-order chi connectivity index (χ1) is 7.81. The van der Waals surface area contributed by atoms with Gasteiger partial charge in [-0.2, -0.15) is 0 Å². The van der Waals surface area contributed by atoms with Crippen molar-refractivity contribution in [2.24, 2.45) is 16.7 Å². The quantitative estimate of drug-likeness (QED) is 0.801. The van der Waals surface area contributed by atoms with Gasteiger partial charge in [-0.05, 0) is 49.0 Å². The second-order valence-electron chi connectivity index (χ2n) is 7.90. The van der Waals surface area contributed by atoms with Gasteiger partial charge in [0.1, 0.15) is 0 Å². The molecule has 2 aliphatic rings. The smallest absolute Gasteiger partial charge is 0.0471 e. The van der Waals surface area contributed by atoms with Gasteiger partial charge in [0.25, 0.3) is 0 Å². The van der Waals surface area contributed by atoms with E-state index in [2.05, 4.69) is 32.6 Å². The molecule has 0 bridgehead atoms. The van der Waals surface area contributed by atoms with Crippen molar-refractivity contribution in [3.63, 3.8) is 0 Å². The molecule has 1 heterocycles. The average molecular weight is 239 g/mol. The minimum atomic E-state index is 0.371. The SMILES string of the molecule is CC1(C)CC(N2CCC(CO)C2)CC(C)(C)C1. The first kappa shape index (κ1) is 13.4. The van der Waals surface area contributed by atoms with Crippen LogP contribution in [0.5, 0.6) is 0 Å². The van der Waals surface area contributed by atoms with Crippen LogP contribution < -0.4 is 0 Å². The summed E-state index contributed by atoms with van der Waals surface area (Å²) in [6.45, 7) is 12.4. The van der Waals surface area contributed by atoms with Gasteiger partial charge >= 0.3 is 0 Å². The van der Waals surface area contributed by atoms with E-state index in [0.717, 1.165) is 12.6 Å². The van der Waals surface area contributed by atoms with Crippen LogP contribution in [0.1, 0.15) is 53.4 Å². The monoisotopic (exact) mass is 239 g/mol. The maximum absolute atomic E-state index is 9.26. The van der Waals surface area contributed by atoms with Gasteiger partial charge in [-0.15, -0.1) is 0 Å². The van der Waals surface area contributed by atoms with E-state index in [1.54, 1.807) is 0 Å². The molecule has 1 N–H and O–H groups in total. The highest BCUT2D eigenvalue weighted by Crippen LogP contribution is 2.47. The Hall–Kier alpha value is -0.0800. The van der Waals surface area contributed by atoms with Gasteiger partial charge in [0.2, 0.25) is 0 Å². The standard InChI is InChI=1S/C15H29NO/c1-14(2)7-13(8-15(3,4)11-14)16-6-5-12(9-16)10-17/h12-13,17H,5-11H2,1-4H3. The fourth-order valence-corrected chi connectivity index (χ4v) is 4.39. The molecule has 1 unspecified atom stereocenters. The van der Waals surface area contributed by atoms with Gasteiger partial charge in [-0.25, -0.2) is 0 Å². The van der Waals surface area contributed by atoms with Crippen molar-refractivity contribution in [1.29, 1.82) is 0 Å². The molecule has 0 aromatic rings. The number of nitrogens with zero attached hydrogens (tertiary/aromatic N) is 1. The minimum absolute atomic E-state index is 0.371. The van der Waals surface area contributed by atoms with Gasteiger partial charge in [-0.3, -0.25) is 4.90 Å². The summed E-state index contributed by atoms with van der Waals surface area (Å²) in [5.41, 5.74) is 0.952. The third-order valence-corrected chi connectivity index (χ3v) is 4.63. The highest BCUT2D eigenvalue weighted by molar-refractivity contribution is 4.95. The van der Waals surface area contributed by atoms with E-state index < -0.39 is 0 Å². The second-order valence-corrected chi connectivity index (χ2v) is 7.90. The fourth-order valence-electron chi connectivity index (χ4n) is 4.39. The van der Waals surface area contributed by atoms with Crippen molar-refractivity contribution in [2.75, 3.05) is 19.7 Å². The van der Waals surface area contributed by atoms with E-state index in [4.69, 9.17) is 0 Å². The maximum atomic E-state index is 9.26. The lowest BCUT2D eigenvalue weighted by molar-refractivity contribution is 0.0319. The van der Waals surface area contributed by atoms with E-state index in [-0.39, 0.29) is 0 Å². The second kappa shape index (κ2) is 4.55. The van der Waals surface area contributed by atoms with Crippen LogP contribution in [0.4, 0.5) is 0 Å². The summed E-state index contributed by atoms with van der Waals surface area (Å²) >= 11 is 0. The van der Waals surface area contributed by atoms with E-state index in [1.807, 2.05) is 0 Å². The molecule has 0 aromatic carbocycles. The van der Waals surface area contributed by atoms with Gasteiger partial charge in [-0.1, -0.05) is 27.7 Å². The van der Waals surface area contributed by atoms with Gasteiger partial charge in [0.05, 0.1) is 0 Å². The van der Waals surface area contributed by atoms with E-state index >= 15 is 0 Å². The minimum Gasteiger partial charge on any atom is -0.396 e. The fraction of sp³-hybridized carbons (Fsp3) is 1.00. The number of hydrogen-bond donors (Lipinski definition) is 1. The molecule has 0 amide bonds. The van der Waals surface area contributed by atoms with Crippen LogP contribution in [0.2, 0.25) is 0 Å². The molecule has 2 nitrogen and oxygen atoms in total. The maximum Gasteiger partial charge on any atom is 0.0471 e. The molecule has 1 atom stereocenters. The van der Waals surface area contributed by atoms with Gasteiger partial charge in [0, 0.05) is 19.2 Å². The van der Waals surface area contributed by atoms with Crippen molar-refractivity contribution < 1.29 is 5.11 Å². The number of likely N-dealkylation sites (tertiary alicyclic amines) is 1. The summed E-state index contributed by atoms with van der Waals surface area (Å²) in [6.07, 6.45) is 5.19. The summed E-state index contributed by atoms with van der Waals surface area (Å²) in [5, 5.41) is 9.26. The van der Waals surface area contributed by atoms with Crippen molar-refractivity contribution in [2.45, 2.75) is 59.4 Å². The summed E-state index contributed by atoms with van der Waals surface area (Å²) in [6, 6.07) is 0.741. The number of aliphatic hydroxyl groups excluding tert-OH is 1. The van der Waals surface area contributed by atoms with Crippen molar-refractivity contribution in [3.8, 4) is 0 Å².